The van der Waals surface area contributed by atoms with E-state index in [1.54, 1.807) is 7.11 Å². The van der Waals surface area contributed by atoms with E-state index in [1.165, 1.54) is 32.6 Å². The maximum atomic E-state index is 12.8. The number of carbonyl (C=O) groups excluding carboxylic acids is 2. The number of nitrogens with zero attached hydrogens (tertiary/aromatic N) is 2. The highest BCUT2D eigenvalue weighted by molar-refractivity contribution is 5.79. The molecule has 1 saturated heterocycles. The van der Waals surface area contributed by atoms with Crippen molar-refractivity contribution in [1.82, 2.24) is 15.1 Å². The summed E-state index contributed by atoms with van der Waals surface area (Å²) >= 11 is 0. The molecule has 1 aliphatic carbocycles. The van der Waals surface area contributed by atoms with E-state index < -0.39 is 0 Å². The van der Waals surface area contributed by atoms with E-state index in [-0.39, 0.29) is 24.3 Å². The van der Waals surface area contributed by atoms with Crippen molar-refractivity contribution in [3.8, 4) is 5.75 Å². The van der Waals surface area contributed by atoms with Crippen LogP contribution in [0.4, 0.5) is 0 Å². The molecule has 1 aromatic carbocycles. The Morgan fingerprint density at radius 1 is 1.11 bits per heavy atom. The quantitative estimate of drug-likeness (QED) is 0.831. The highest BCUT2D eigenvalue weighted by atomic mass is 16.5. The molecule has 2 amide bonds. The Hall–Kier alpha value is -2.08. The Bertz CT molecular complexity index is 633. The van der Waals surface area contributed by atoms with Gasteiger partial charge >= 0.3 is 0 Å². The summed E-state index contributed by atoms with van der Waals surface area (Å²) in [7, 11) is 1.62. The number of amides is 2. The summed E-state index contributed by atoms with van der Waals surface area (Å²) in [5, 5.41) is 2.92. The van der Waals surface area contributed by atoms with E-state index in [9.17, 15) is 9.59 Å². The molecular weight excluding hydrogens is 342 g/mol. The average molecular weight is 373 g/mol. The minimum atomic E-state index is -0.311. The molecule has 1 heterocycles. The number of hydrogen-bond donors (Lipinski definition) is 1. The molecule has 6 heteroatoms. The first kappa shape index (κ1) is 19.7. The summed E-state index contributed by atoms with van der Waals surface area (Å²) in [6, 6.07) is 7.93. The largest absolute Gasteiger partial charge is 0.497 e. The number of ether oxygens (including phenoxy) is 1. The van der Waals surface area contributed by atoms with Gasteiger partial charge in [0, 0.05) is 39.1 Å². The molecular formula is C21H31N3O3. The van der Waals surface area contributed by atoms with Crippen LogP contribution < -0.4 is 10.1 Å². The normalized spacial score (nSPS) is 19.7. The van der Waals surface area contributed by atoms with Gasteiger partial charge in [0.25, 0.3) is 0 Å². The van der Waals surface area contributed by atoms with Crippen molar-refractivity contribution >= 4 is 11.8 Å². The van der Waals surface area contributed by atoms with Gasteiger partial charge < -0.3 is 15.0 Å². The van der Waals surface area contributed by atoms with Gasteiger partial charge in [0.05, 0.1) is 19.6 Å². The first-order chi connectivity index (χ1) is 13.1. The average Bonchev–Trinajstić information content (AvgIpc) is 3.22. The van der Waals surface area contributed by atoms with Crippen LogP contribution in [0.2, 0.25) is 0 Å². The number of rotatable bonds is 6. The molecule has 3 rings (SSSR count). The van der Waals surface area contributed by atoms with Gasteiger partial charge in [0.2, 0.25) is 11.8 Å². The lowest BCUT2D eigenvalue weighted by Crippen LogP contribution is -2.51. The van der Waals surface area contributed by atoms with Crippen molar-refractivity contribution in [2.24, 2.45) is 0 Å². The predicted octanol–water partition coefficient (Wildman–Crippen LogP) is 2.35. The van der Waals surface area contributed by atoms with Crippen LogP contribution in [0.5, 0.6) is 5.75 Å². The molecule has 1 unspecified atom stereocenters. The van der Waals surface area contributed by atoms with Crippen LogP contribution in [-0.2, 0) is 9.59 Å². The second-order valence-corrected chi connectivity index (χ2v) is 7.59. The lowest BCUT2D eigenvalue weighted by Gasteiger charge is -2.38. The van der Waals surface area contributed by atoms with Crippen LogP contribution in [-0.4, -0.2) is 60.9 Å². The van der Waals surface area contributed by atoms with E-state index in [2.05, 4.69) is 10.2 Å². The van der Waals surface area contributed by atoms with Crippen LogP contribution in [0.25, 0.3) is 0 Å². The van der Waals surface area contributed by atoms with Gasteiger partial charge in [0.15, 0.2) is 0 Å². The van der Waals surface area contributed by atoms with Crippen molar-refractivity contribution < 1.29 is 14.3 Å². The van der Waals surface area contributed by atoms with Crippen molar-refractivity contribution in [3.63, 3.8) is 0 Å². The van der Waals surface area contributed by atoms with Gasteiger partial charge in [-0.3, -0.25) is 14.5 Å². The van der Waals surface area contributed by atoms with Gasteiger partial charge in [-0.15, -0.1) is 0 Å². The Balaban J connectivity index is 1.58. The molecule has 1 saturated carbocycles. The summed E-state index contributed by atoms with van der Waals surface area (Å²) in [6.45, 7) is 4.98. The SMILES string of the molecule is COc1ccc(C(CC(=O)N2CCN(C3CCCC3)CC2)NC(C)=O)cc1. The van der Waals surface area contributed by atoms with Gasteiger partial charge in [0.1, 0.15) is 5.75 Å². The molecule has 1 atom stereocenters. The lowest BCUT2D eigenvalue weighted by atomic mass is 10.0. The van der Waals surface area contributed by atoms with E-state index in [0.717, 1.165) is 37.5 Å². The van der Waals surface area contributed by atoms with Crippen molar-refractivity contribution in [2.75, 3.05) is 33.3 Å². The predicted molar refractivity (Wildman–Crippen MR) is 105 cm³/mol. The summed E-state index contributed by atoms with van der Waals surface area (Å²) < 4.78 is 5.19. The lowest BCUT2D eigenvalue weighted by molar-refractivity contribution is -0.134. The van der Waals surface area contributed by atoms with Crippen molar-refractivity contribution in [1.29, 1.82) is 0 Å². The third kappa shape index (κ3) is 5.22. The second kappa shape index (κ2) is 9.22. The van der Waals surface area contributed by atoms with Gasteiger partial charge in [-0.2, -0.15) is 0 Å². The summed E-state index contributed by atoms with van der Waals surface area (Å²) in [4.78, 5) is 29.0. The first-order valence-electron chi connectivity index (χ1n) is 9.99. The van der Waals surface area contributed by atoms with Gasteiger partial charge in [-0.1, -0.05) is 25.0 Å². The molecule has 1 aromatic rings. The number of benzene rings is 1. The smallest absolute Gasteiger partial charge is 0.225 e. The molecule has 6 nitrogen and oxygen atoms in total. The van der Waals surface area contributed by atoms with E-state index >= 15 is 0 Å². The van der Waals surface area contributed by atoms with Gasteiger partial charge in [-0.05, 0) is 30.5 Å². The Kier molecular flexibility index (Phi) is 6.72. The number of nitrogens with one attached hydrogen (secondary N) is 1. The van der Waals surface area contributed by atoms with Crippen LogP contribution in [0.3, 0.4) is 0 Å². The third-order valence-corrected chi connectivity index (χ3v) is 5.78. The zero-order valence-electron chi connectivity index (χ0n) is 16.4. The molecule has 2 aliphatic rings. The van der Waals surface area contributed by atoms with E-state index in [1.807, 2.05) is 29.2 Å². The van der Waals surface area contributed by atoms with Crippen molar-refractivity contribution in [3.05, 3.63) is 29.8 Å². The fraction of sp³-hybridized carbons (Fsp3) is 0.619. The Morgan fingerprint density at radius 2 is 1.74 bits per heavy atom. The first-order valence-corrected chi connectivity index (χ1v) is 9.99. The molecule has 0 aromatic heterocycles. The number of methoxy groups -OCH3 is 1. The third-order valence-electron chi connectivity index (χ3n) is 5.78. The topological polar surface area (TPSA) is 61.9 Å². The fourth-order valence-electron chi connectivity index (χ4n) is 4.24. The number of carbonyl (C=O) groups is 2. The molecule has 1 N–H and O–H groups in total. The van der Waals surface area contributed by atoms with E-state index in [0.29, 0.717) is 6.04 Å². The maximum absolute atomic E-state index is 12.8. The number of hydrogen-bond acceptors (Lipinski definition) is 4. The minimum Gasteiger partial charge on any atom is -0.497 e. The van der Waals surface area contributed by atoms with E-state index in [4.69, 9.17) is 4.74 Å². The fourth-order valence-corrected chi connectivity index (χ4v) is 4.24. The van der Waals surface area contributed by atoms with Crippen LogP contribution >= 0.6 is 0 Å². The zero-order valence-corrected chi connectivity index (χ0v) is 16.4. The standard InChI is InChI=1S/C21H31N3O3/c1-16(25)22-20(17-7-9-19(27-2)10-8-17)15-21(26)24-13-11-23(12-14-24)18-5-3-4-6-18/h7-10,18,20H,3-6,11-15H2,1-2H3,(H,22,25). The van der Waals surface area contributed by atoms with Gasteiger partial charge in [-0.25, -0.2) is 0 Å². The maximum Gasteiger partial charge on any atom is 0.225 e. The second-order valence-electron chi connectivity index (χ2n) is 7.59. The summed E-state index contributed by atoms with van der Waals surface area (Å²) in [6.07, 6.45) is 5.56. The monoisotopic (exact) mass is 373 g/mol. The molecule has 0 bridgehead atoms. The van der Waals surface area contributed by atoms with Crippen LogP contribution in [0.1, 0.15) is 50.6 Å². The summed E-state index contributed by atoms with van der Waals surface area (Å²) in [5.74, 6) is 0.736. The Labute approximate surface area is 161 Å². The molecule has 0 spiro atoms. The molecule has 0 radical (unpaired) electrons. The Morgan fingerprint density at radius 3 is 2.30 bits per heavy atom. The zero-order chi connectivity index (χ0) is 19.2. The summed E-state index contributed by atoms with van der Waals surface area (Å²) in [5.41, 5.74) is 0.920. The highest BCUT2D eigenvalue weighted by Crippen LogP contribution is 2.25. The van der Waals surface area contributed by atoms with Crippen LogP contribution in [0, 0.1) is 0 Å². The highest BCUT2D eigenvalue weighted by Gasteiger charge is 2.29. The van der Waals surface area contributed by atoms with Crippen molar-refractivity contribution in [2.45, 2.75) is 51.1 Å². The minimum absolute atomic E-state index is 0.107. The number of piperazine rings is 1. The molecule has 1 aliphatic heterocycles. The molecule has 148 valence electrons. The molecule has 2 fully saturated rings. The molecule has 27 heavy (non-hydrogen) atoms. The van der Waals surface area contributed by atoms with Crippen LogP contribution in [0.15, 0.2) is 24.3 Å².